The average Bonchev–Trinajstić information content (AvgIpc) is 2.63. The first kappa shape index (κ1) is 7.56. The number of likely N-dealkylation sites (tertiary alicyclic amines) is 1. The molecule has 0 radical (unpaired) electrons. The molecule has 2 aliphatic rings. The summed E-state index contributed by atoms with van der Waals surface area (Å²) in [6, 6.07) is 0.812. The van der Waals surface area contributed by atoms with E-state index in [0.29, 0.717) is 0 Å². The van der Waals surface area contributed by atoms with Crippen LogP contribution in [0.5, 0.6) is 0 Å². The second-order valence-electron chi connectivity index (χ2n) is 4.66. The van der Waals surface area contributed by atoms with Crippen LogP contribution in [0.3, 0.4) is 0 Å². The van der Waals surface area contributed by atoms with Crippen molar-refractivity contribution in [3.05, 3.63) is 0 Å². The van der Waals surface area contributed by atoms with Crippen molar-refractivity contribution in [2.75, 3.05) is 13.1 Å². The highest BCUT2D eigenvalue weighted by Crippen LogP contribution is 2.37. The van der Waals surface area contributed by atoms with Gasteiger partial charge < -0.3 is 5.11 Å². The topological polar surface area (TPSA) is 23.5 Å². The van der Waals surface area contributed by atoms with Gasteiger partial charge in [-0.1, -0.05) is 13.8 Å². The monoisotopic (exact) mass is 155 g/mol. The van der Waals surface area contributed by atoms with Gasteiger partial charge in [-0.15, -0.1) is 0 Å². The number of aliphatic hydroxyl groups is 1. The molecule has 2 nitrogen and oxygen atoms in total. The molecule has 0 aromatic heterocycles. The molecule has 0 bridgehead atoms. The fourth-order valence-electron chi connectivity index (χ4n) is 1.88. The molecule has 2 fully saturated rings. The van der Waals surface area contributed by atoms with Crippen LogP contribution in [0.2, 0.25) is 0 Å². The highest BCUT2D eigenvalue weighted by atomic mass is 16.3. The Kier molecular flexibility index (Phi) is 1.52. The van der Waals surface area contributed by atoms with Gasteiger partial charge in [-0.2, -0.15) is 0 Å². The first-order valence-corrected chi connectivity index (χ1v) is 4.52. The van der Waals surface area contributed by atoms with E-state index < -0.39 is 0 Å². The zero-order valence-electron chi connectivity index (χ0n) is 7.38. The van der Waals surface area contributed by atoms with Gasteiger partial charge in [-0.3, -0.25) is 4.90 Å². The van der Waals surface area contributed by atoms with E-state index in [1.807, 2.05) is 0 Å². The number of hydrogen-bond acceptors (Lipinski definition) is 2. The molecule has 1 atom stereocenters. The van der Waals surface area contributed by atoms with Crippen molar-refractivity contribution in [2.24, 2.45) is 5.41 Å². The van der Waals surface area contributed by atoms with Gasteiger partial charge in [0.15, 0.2) is 0 Å². The molecule has 0 amide bonds. The number of rotatable bonds is 1. The van der Waals surface area contributed by atoms with E-state index in [2.05, 4.69) is 18.7 Å². The summed E-state index contributed by atoms with van der Waals surface area (Å²) in [6.07, 6.45) is 2.59. The Bertz CT molecular complexity index is 163. The Hall–Kier alpha value is -0.0800. The molecular weight excluding hydrogens is 138 g/mol. The molecule has 2 heteroatoms. The summed E-state index contributed by atoms with van der Waals surface area (Å²) in [7, 11) is 0. The highest BCUT2D eigenvalue weighted by Gasteiger charge is 2.43. The Morgan fingerprint density at radius 1 is 1.36 bits per heavy atom. The van der Waals surface area contributed by atoms with Crippen LogP contribution in [0.1, 0.15) is 26.7 Å². The van der Waals surface area contributed by atoms with Crippen LogP contribution in [0.4, 0.5) is 0 Å². The SMILES string of the molecule is CC1(C)CN(C2CC2)C[C@@H]1O. The third-order valence-corrected chi connectivity index (χ3v) is 2.98. The molecule has 2 rings (SSSR count). The highest BCUT2D eigenvalue weighted by molar-refractivity contribution is 4.97. The molecule has 1 aliphatic heterocycles. The van der Waals surface area contributed by atoms with E-state index in [0.717, 1.165) is 19.1 Å². The van der Waals surface area contributed by atoms with E-state index in [1.165, 1.54) is 12.8 Å². The van der Waals surface area contributed by atoms with E-state index >= 15 is 0 Å². The van der Waals surface area contributed by atoms with Gasteiger partial charge in [0.25, 0.3) is 0 Å². The molecular formula is C9H17NO. The Balaban J connectivity index is 1.99. The van der Waals surface area contributed by atoms with E-state index in [4.69, 9.17) is 0 Å². The molecule has 1 N–H and O–H groups in total. The largest absolute Gasteiger partial charge is 0.391 e. The van der Waals surface area contributed by atoms with Gasteiger partial charge in [0, 0.05) is 24.5 Å². The van der Waals surface area contributed by atoms with Crippen LogP contribution < -0.4 is 0 Å². The third kappa shape index (κ3) is 1.30. The zero-order valence-corrected chi connectivity index (χ0v) is 7.38. The van der Waals surface area contributed by atoms with Crippen molar-refractivity contribution < 1.29 is 5.11 Å². The third-order valence-electron chi connectivity index (χ3n) is 2.98. The Labute approximate surface area is 68.2 Å². The standard InChI is InChI=1S/C9H17NO/c1-9(2)6-10(5-8(9)11)7-3-4-7/h7-8,11H,3-6H2,1-2H3/t8-/m0/s1. The molecule has 1 aliphatic carbocycles. The maximum Gasteiger partial charge on any atom is 0.0730 e. The summed E-state index contributed by atoms with van der Waals surface area (Å²) in [6.45, 7) is 6.29. The minimum atomic E-state index is -0.108. The molecule has 11 heavy (non-hydrogen) atoms. The van der Waals surface area contributed by atoms with Crippen molar-refractivity contribution >= 4 is 0 Å². The average molecular weight is 155 g/mol. The summed E-state index contributed by atoms with van der Waals surface area (Å²) in [4.78, 5) is 2.44. The van der Waals surface area contributed by atoms with E-state index in [9.17, 15) is 5.11 Å². The molecule has 64 valence electrons. The molecule has 0 aromatic rings. The van der Waals surface area contributed by atoms with Crippen molar-refractivity contribution in [3.8, 4) is 0 Å². The summed E-state index contributed by atoms with van der Waals surface area (Å²) in [5.74, 6) is 0. The van der Waals surface area contributed by atoms with E-state index in [-0.39, 0.29) is 11.5 Å². The van der Waals surface area contributed by atoms with Gasteiger partial charge in [0.05, 0.1) is 6.10 Å². The van der Waals surface area contributed by atoms with Crippen LogP contribution in [-0.4, -0.2) is 35.2 Å². The number of hydrogen-bond donors (Lipinski definition) is 1. The van der Waals surface area contributed by atoms with Crippen LogP contribution >= 0.6 is 0 Å². The number of nitrogens with zero attached hydrogens (tertiary/aromatic N) is 1. The van der Waals surface area contributed by atoms with Crippen molar-refractivity contribution in [1.29, 1.82) is 0 Å². The van der Waals surface area contributed by atoms with E-state index in [1.54, 1.807) is 0 Å². The van der Waals surface area contributed by atoms with Gasteiger partial charge in [0.1, 0.15) is 0 Å². The fourth-order valence-corrected chi connectivity index (χ4v) is 1.88. The predicted molar refractivity (Wildman–Crippen MR) is 44.4 cm³/mol. The van der Waals surface area contributed by atoms with Gasteiger partial charge in [0.2, 0.25) is 0 Å². The molecule has 0 unspecified atom stereocenters. The smallest absolute Gasteiger partial charge is 0.0730 e. The maximum absolute atomic E-state index is 9.66. The van der Waals surface area contributed by atoms with Gasteiger partial charge in [-0.05, 0) is 12.8 Å². The molecule has 1 saturated carbocycles. The summed E-state index contributed by atoms with van der Waals surface area (Å²) >= 11 is 0. The van der Waals surface area contributed by atoms with Crippen molar-refractivity contribution in [1.82, 2.24) is 4.90 Å². The lowest BCUT2D eigenvalue weighted by Gasteiger charge is -2.20. The van der Waals surface area contributed by atoms with Crippen LogP contribution in [-0.2, 0) is 0 Å². The van der Waals surface area contributed by atoms with Gasteiger partial charge in [-0.25, -0.2) is 0 Å². The number of aliphatic hydroxyl groups excluding tert-OH is 1. The maximum atomic E-state index is 9.66. The number of β-amino-alcohol motifs (C(OH)–C–C–N with tert-alkyl or cyclic N) is 1. The summed E-state index contributed by atoms with van der Waals surface area (Å²) in [5, 5.41) is 9.66. The summed E-state index contributed by atoms with van der Waals surface area (Å²) in [5.41, 5.74) is 0.128. The van der Waals surface area contributed by atoms with Crippen molar-refractivity contribution in [3.63, 3.8) is 0 Å². The quantitative estimate of drug-likeness (QED) is 0.607. The minimum absolute atomic E-state index is 0.108. The lowest BCUT2D eigenvalue weighted by Crippen LogP contribution is -2.26. The predicted octanol–water partition coefficient (Wildman–Crippen LogP) is 0.852. The minimum Gasteiger partial charge on any atom is -0.391 e. The van der Waals surface area contributed by atoms with Crippen LogP contribution in [0.25, 0.3) is 0 Å². The fraction of sp³-hybridized carbons (Fsp3) is 1.00. The Morgan fingerprint density at radius 2 is 2.00 bits per heavy atom. The molecule has 0 aromatic carbocycles. The molecule has 1 heterocycles. The normalized spacial score (nSPS) is 37.9. The Morgan fingerprint density at radius 3 is 2.36 bits per heavy atom. The zero-order chi connectivity index (χ0) is 8.06. The molecule has 0 spiro atoms. The first-order chi connectivity index (χ1) is 5.09. The second-order valence-corrected chi connectivity index (χ2v) is 4.66. The summed E-state index contributed by atoms with van der Waals surface area (Å²) < 4.78 is 0. The van der Waals surface area contributed by atoms with Crippen molar-refractivity contribution in [2.45, 2.75) is 38.8 Å². The second kappa shape index (κ2) is 2.20. The van der Waals surface area contributed by atoms with Crippen LogP contribution in [0, 0.1) is 5.41 Å². The lowest BCUT2D eigenvalue weighted by molar-refractivity contribution is 0.0954. The van der Waals surface area contributed by atoms with Gasteiger partial charge >= 0.3 is 0 Å². The first-order valence-electron chi connectivity index (χ1n) is 4.52. The van der Waals surface area contributed by atoms with Crippen LogP contribution in [0.15, 0.2) is 0 Å². The lowest BCUT2D eigenvalue weighted by atomic mass is 9.90. The molecule has 1 saturated heterocycles.